The van der Waals surface area contributed by atoms with Crippen LogP contribution in [0.4, 0.5) is 21.5 Å². The van der Waals surface area contributed by atoms with Gasteiger partial charge in [0.1, 0.15) is 17.3 Å². The number of nitrogens with zero attached hydrogens (tertiary/aromatic N) is 2. The molecule has 6 rings (SSSR count). The minimum Gasteiger partial charge on any atom is -0.495 e. The van der Waals surface area contributed by atoms with Crippen LogP contribution >= 0.6 is 23.2 Å². The first-order valence-corrected chi connectivity index (χ1v) is 15.4. The molecular weight excluding hydrogens is 634 g/mol. The quantitative estimate of drug-likeness (QED) is 0.227. The van der Waals surface area contributed by atoms with Gasteiger partial charge in [0.15, 0.2) is 0 Å². The Morgan fingerprint density at radius 2 is 1.67 bits per heavy atom. The van der Waals surface area contributed by atoms with Gasteiger partial charge in [-0.1, -0.05) is 35.3 Å². The lowest BCUT2D eigenvalue weighted by Gasteiger charge is -2.44. The van der Waals surface area contributed by atoms with E-state index in [9.17, 15) is 18.8 Å². The number of fused-ring (bicyclic) bond motifs is 4. The van der Waals surface area contributed by atoms with Crippen LogP contribution in [-0.4, -0.2) is 43.7 Å². The standard InChI is InChI=1S/C34H31Cl2FN4O5/c1-45-30-15-31(46-2)27(14-24(30)36)39-34(44)20-9-10-29(26(12-20)38-32(42)13-22-23(35)5-3-6-25(22)37)40-16-19-11-21(18-40)28-7-4-8-33(43)41(28)17-19/h3-10,12,14-15,19,21H,11,13,16-18H2,1-2H3,(H,38,42)(H,39,44)/t19-,21+/m1/s1. The van der Waals surface area contributed by atoms with Crippen LogP contribution in [0.25, 0.3) is 0 Å². The van der Waals surface area contributed by atoms with Gasteiger partial charge in [-0.05, 0) is 54.8 Å². The van der Waals surface area contributed by atoms with Crippen molar-refractivity contribution < 1.29 is 23.5 Å². The third-order valence-corrected chi connectivity index (χ3v) is 9.12. The average molecular weight is 666 g/mol. The predicted octanol–water partition coefficient (Wildman–Crippen LogP) is 6.37. The highest BCUT2D eigenvalue weighted by molar-refractivity contribution is 6.32. The molecule has 1 fully saturated rings. The van der Waals surface area contributed by atoms with Gasteiger partial charge >= 0.3 is 0 Å². The van der Waals surface area contributed by atoms with E-state index in [1.807, 2.05) is 10.6 Å². The number of halogens is 3. The number of ether oxygens (including phenoxy) is 2. The monoisotopic (exact) mass is 664 g/mol. The molecule has 0 radical (unpaired) electrons. The first-order valence-electron chi connectivity index (χ1n) is 14.7. The summed E-state index contributed by atoms with van der Waals surface area (Å²) in [6.45, 7) is 1.85. The first-order chi connectivity index (χ1) is 22.1. The van der Waals surface area contributed by atoms with Crippen molar-refractivity contribution >= 4 is 52.1 Å². The van der Waals surface area contributed by atoms with Gasteiger partial charge < -0.3 is 29.6 Å². The molecule has 2 bridgehead atoms. The van der Waals surface area contributed by atoms with Gasteiger partial charge in [0.05, 0.1) is 42.7 Å². The summed E-state index contributed by atoms with van der Waals surface area (Å²) < 4.78 is 27.1. The van der Waals surface area contributed by atoms with Crippen molar-refractivity contribution in [2.45, 2.75) is 25.3 Å². The molecule has 0 aliphatic carbocycles. The Morgan fingerprint density at radius 1 is 0.891 bits per heavy atom. The molecule has 1 aromatic heterocycles. The normalized spacial score (nSPS) is 16.8. The number of anilines is 3. The highest BCUT2D eigenvalue weighted by Crippen LogP contribution is 2.40. The molecular formula is C34H31Cl2FN4O5. The maximum Gasteiger partial charge on any atom is 0.255 e. The molecule has 0 spiro atoms. The Hall–Kier alpha value is -4.54. The number of benzene rings is 3. The van der Waals surface area contributed by atoms with Crippen LogP contribution in [0, 0.1) is 11.7 Å². The van der Waals surface area contributed by atoms with Crippen LogP contribution in [0.15, 0.2) is 71.5 Å². The Bertz CT molecular complexity index is 1880. The number of methoxy groups -OCH3 is 2. The zero-order valence-electron chi connectivity index (χ0n) is 25.1. The lowest BCUT2D eigenvalue weighted by Crippen LogP contribution is -2.47. The highest BCUT2D eigenvalue weighted by Gasteiger charge is 2.35. The van der Waals surface area contributed by atoms with Crippen LogP contribution in [0.5, 0.6) is 11.5 Å². The van der Waals surface area contributed by atoms with E-state index in [-0.39, 0.29) is 45.0 Å². The van der Waals surface area contributed by atoms with E-state index in [1.165, 1.54) is 38.5 Å². The minimum atomic E-state index is -0.583. The lowest BCUT2D eigenvalue weighted by atomic mass is 9.83. The van der Waals surface area contributed by atoms with Gasteiger partial charge in [0.25, 0.3) is 11.5 Å². The molecule has 238 valence electrons. The van der Waals surface area contributed by atoms with E-state index in [2.05, 4.69) is 15.5 Å². The van der Waals surface area contributed by atoms with Gasteiger partial charge in [0.2, 0.25) is 5.91 Å². The van der Waals surface area contributed by atoms with Gasteiger partial charge in [-0.15, -0.1) is 0 Å². The average Bonchev–Trinajstić information content (AvgIpc) is 3.03. The van der Waals surface area contributed by atoms with Crippen molar-refractivity contribution in [2.24, 2.45) is 5.92 Å². The summed E-state index contributed by atoms with van der Waals surface area (Å²) in [6.07, 6.45) is 0.643. The fourth-order valence-electron chi connectivity index (χ4n) is 6.35. The summed E-state index contributed by atoms with van der Waals surface area (Å²) in [5.74, 6) is -0.493. The minimum absolute atomic E-state index is 0.00875. The van der Waals surface area contributed by atoms with Crippen molar-refractivity contribution in [2.75, 3.05) is 42.8 Å². The number of amides is 2. The third kappa shape index (κ3) is 6.27. The number of piperidine rings is 1. The second-order valence-electron chi connectivity index (χ2n) is 11.4. The van der Waals surface area contributed by atoms with Crippen LogP contribution in [0.2, 0.25) is 10.0 Å². The molecule has 2 amide bonds. The second kappa shape index (κ2) is 13.1. The third-order valence-electron chi connectivity index (χ3n) is 8.47. The summed E-state index contributed by atoms with van der Waals surface area (Å²) in [5.41, 5.74) is 2.73. The summed E-state index contributed by atoms with van der Waals surface area (Å²) in [6, 6.07) is 17.8. The second-order valence-corrected chi connectivity index (χ2v) is 12.2. The van der Waals surface area contributed by atoms with Crippen molar-refractivity contribution in [1.82, 2.24) is 4.57 Å². The van der Waals surface area contributed by atoms with Crippen molar-refractivity contribution in [3.05, 3.63) is 110 Å². The number of carbonyl (C=O) groups is 2. The van der Waals surface area contributed by atoms with Crippen LogP contribution in [0.1, 0.15) is 34.0 Å². The number of pyridine rings is 1. The number of aromatic nitrogens is 1. The van der Waals surface area contributed by atoms with Gasteiger partial charge in [0, 0.05) is 59.5 Å². The van der Waals surface area contributed by atoms with Crippen LogP contribution in [0.3, 0.4) is 0 Å². The smallest absolute Gasteiger partial charge is 0.255 e. The van der Waals surface area contributed by atoms with Gasteiger partial charge in [-0.2, -0.15) is 0 Å². The molecule has 12 heteroatoms. The molecule has 2 aliphatic heterocycles. The maximum atomic E-state index is 14.5. The Kier molecular flexibility index (Phi) is 8.93. The molecule has 0 saturated carbocycles. The van der Waals surface area contributed by atoms with Gasteiger partial charge in [-0.3, -0.25) is 14.4 Å². The van der Waals surface area contributed by atoms with Crippen LogP contribution in [-0.2, 0) is 17.8 Å². The first kappa shape index (κ1) is 31.4. The van der Waals surface area contributed by atoms with E-state index in [1.54, 1.807) is 36.4 Å². The molecule has 2 N–H and O–H groups in total. The summed E-state index contributed by atoms with van der Waals surface area (Å²) in [4.78, 5) is 41.6. The SMILES string of the molecule is COc1cc(OC)c(NC(=O)c2ccc(N3C[C@H]4C[C@@H](C3)c3cccc(=O)n3C4)c(NC(=O)Cc3c(F)cccc3Cl)c2)cc1Cl. The molecule has 46 heavy (non-hydrogen) atoms. The molecule has 4 aromatic rings. The van der Waals surface area contributed by atoms with Crippen LogP contribution < -0.4 is 30.6 Å². The summed E-state index contributed by atoms with van der Waals surface area (Å²) in [5, 5.41) is 6.16. The number of rotatable bonds is 8. The van der Waals surface area contributed by atoms with E-state index in [4.69, 9.17) is 32.7 Å². The molecule has 3 aromatic carbocycles. The fourth-order valence-corrected chi connectivity index (χ4v) is 6.83. The topological polar surface area (TPSA) is 102 Å². The zero-order chi connectivity index (χ0) is 32.5. The Balaban J connectivity index is 1.32. The Morgan fingerprint density at radius 3 is 2.43 bits per heavy atom. The largest absolute Gasteiger partial charge is 0.495 e. The number of hydrogen-bond donors (Lipinski definition) is 2. The number of hydrogen-bond acceptors (Lipinski definition) is 6. The molecule has 2 aliphatic rings. The van der Waals surface area contributed by atoms with E-state index < -0.39 is 17.6 Å². The van der Waals surface area contributed by atoms with E-state index in [0.29, 0.717) is 48.2 Å². The van der Waals surface area contributed by atoms with Crippen molar-refractivity contribution in [1.29, 1.82) is 0 Å². The molecule has 9 nitrogen and oxygen atoms in total. The van der Waals surface area contributed by atoms with Gasteiger partial charge in [-0.25, -0.2) is 4.39 Å². The maximum absolute atomic E-state index is 14.5. The fraction of sp³-hybridized carbons (Fsp3) is 0.265. The number of nitrogens with one attached hydrogen (secondary N) is 2. The zero-order valence-corrected chi connectivity index (χ0v) is 26.6. The molecule has 0 unspecified atom stereocenters. The van der Waals surface area contributed by atoms with E-state index in [0.717, 1.165) is 12.1 Å². The van der Waals surface area contributed by atoms with Crippen molar-refractivity contribution in [3.63, 3.8) is 0 Å². The summed E-state index contributed by atoms with van der Waals surface area (Å²) >= 11 is 12.5. The molecule has 1 saturated heterocycles. The summed E-state index contributed by atoms with van der Waals surface area (Å²) in [7, 11) is 2.94. The molecule has 2 atom stereocenters. The number of carbonyl (C=O) groups excluding carboxylic acids is 2. The lowest BCUT2D eigenvalue weighted by molar-refractivity contribution is -0.115. The predicted molar refractivity (Wildman–Crippen MR) is 176 cm³/mol. The highest BCUT2D eigenvalue weighted by atomic mass is 35.5. The van der Waals surface area contributed by atoms with E-state index >= 15 is 0 Å². The Labute approximate surface area is 274 Å². The van der Waals surface area contributed by atoms with Crippen molar-refractivity contribution in [3.8, 4) is 11.5 Å². The molecule has 3 heterocycles.